The van der Waals surface area contributed by atoms with Gasteiger partial charge in [0.05, 0.1) is 20.8 Å². The van der Waals surface area contributed by atoms with Gasteiger partial charge in [0, 0.05) is 39.3 Å². The van der Waals surface area contributed by atoms with Gasteiger partial charge < -0.3 is 24.3 Å². The molecule has 0 saturated carbocycles. The highest BCUT2D eigenvalue weighted by Crippen LogP contribution is 2.32. The van der Waals surface area contributed by atoms with Crippen LogP contribution >= 0.6 is 0 Å². The number of hydrogen-bond donors (Lipinski definition) is 1. The zero-order chi connectivity index (χ0) is 21.6. The first-order valence-corrected chi connectivity index (χ1v) is 10.5. The molecular weight excluding hydrogens is 398 g/mol. The molecule has 0 atom stereocenters. The largest absolute Gasteiger partial charge is 0.493 e. The first-order valence-electron chi connectivity index (χ1n) is 10.5. The third-order valence-electron chi connectivity index (χ3n) is 5.61. The minimum absolute atomic E-state index is 0.0333. The van der Waals surface area contributed by atoms with Crippen LogP contribution in [0.25, 0.3) is 0 Å². The first-order chi connectivity index (χ1) is 15.1. The summed E-state index contributed by atoms with van der Waals surface area (Å²) in [6, 6.07) is 11.8. The normalized spacial score (nSPS) is 16.2. The average Bonchev–Trinajstić information content (AvgIpc) is 3.27. The molecule has 0 aromatic heterocycles. The molecule has 4 rings (SSSR count). The second-order valence-electron chi connectivity index (χ2n) is 7.71. The summed E-state index contributed by atoms with van der Waals surface area (Å²) in [4.78, 5) is 17.0. The monoisotopic (exact) mass is 427 g/mol. The molecule has 1 fully saturated rings. The van der Waals surface area contributed by atoms with E-state index in [4.69, 9.17) is 18.9 Å². The van der Waals surface area contributed by atoms with Crippen molar-refractivity contribution in [3.8, 4) is 23.0 Å². The lowest BCUT2D eigenvalue weighted by molar-refractivity contribution is -0.122. The Bertz CT molecular complexity index is 912. The number of piperazine rings is 1. The standard InChI is InChI=1S/C23H29N3O5/c1-28-19-5-4-18(12-21(19)29-2)14-25-7-9-26(10-8-25)15-23(27)24-13-17-3-6-20-22(11-17)31-16-30-20/h3-6,11-12H,7-10,13-16H2,1-2H3,(H,24,27). The van der Waals surface area contributed by atoms with Gasteiger partial charge in [0.15, 0.2) is 23.0 Å². The van der Waals surface area contributed by atoms with Crippen LogP contribution in [-0.2, 0) is 17.9 Å². The smallest absolute Gasteiger partial charge is 0.234 e. The van der Waals surface area contributed by atoms with Gasteiger partial charge in [-0.05, 0) is 35.4 Å². The molecule has 2 aromatic rings. The van der Waals surface area contributed by atoms with Crippen LogP contribution in [-0.4, -0.2) is 69.4 Å². The molecule has 2 aliphatic rings. The van der Waals surface area contributed by atoms with E-state index in [0.29, 0.717) is 13.1 Å². The number of rotatable bonds is 8. The van der Waals surface area contributed by atoms with Gasteiger partial charge in [0.2, 0.25) is 12.7 Å². The van der Waals surface area contributed by atoms with Crippen molar-refractivity contribution < 1.29 is 23.7 Å². The Hall–Kier alpha value is -2.97. The second kappa shape index (κ2) is 9.89. The fraction of sp³-hybridized carbons (Fsp3) is 0.435. The van der Waals surface area contributed by atoms with Crippen LogP contribution < -0.4 is 24.3 Å². The summed E-state index contributed by atoms with van der Waals surface area (Å²) in [5.41, 5.74) is 2.19. The van der Waals surface area contributed by atoms with Crippen LogP contribution in [0, 0.1) is 0 Å². The topological polar surface area (TPSA) is 72.5 Å². The van der Waals surface area contributed by atoms with Crippen molar-refractivity contribution in [1.82, 2.24) is 15.1 Å². The Morgan fingerprint density at radius 2 is 1.61 bits per heavy atom. The summed E-state index contributed by atoms with van der Waals surface area (Å²) >= 11 is 0. The molecule has 0 bridgehead atoms. The van der Waals surface area contributed by atoms with Crippen molar-refractivity contribution in [2.45, 2.75) is 13.1 Å². The van der Waals surface area contributed by atoms with Gasteiger partial charge in [0.25, 0.3) is 0 Å². The molecule has 8 nitrogen and oxygen atoms in total. The van der Waals surface area contributed by atoms with Crippen molar-refractivity contribution in [3.63, 3.8) is 0 Å². The number of amides is 1. The van der Waals surface area contributed by atoms with Gasteiger partial charge in [0.1, 0.15) is 0 Å². The van der Waals surface area contributed by atoms with E-state index in [1.807, 2.05) is 30.3 Å². The van der Waals surface area contributed by atoms with Gasteiger partial charge in [-0.3, -0.25) is 14.6 Å². The molecule has 0 aliphatic carbocycles. The maximum atomic E-state index is 12.4. The van der Waals surface area contributed by atoms with Gasteiger partial charge in [-0.25, -0.2) is 0 Å². The number of benzene rings is 2. The summed E-state index contributed by atoms with van der Waals surface area (Å²) in [7, 11) is 3.29. The summed E-state index contributed by atoms with van der Waals surface area (Å²) in [6.07, 6.45) is 0. The van der Waals surface area contributed by atoms with Crippen molar-refractivity contribution in [2.75, 3.05) is 53.7 Å². The minimum Gasteiger partial charge on any atom is -0.493 e. The maximum Gasteiger partial charge on any atom is 0.234 e. The molecule has 0 spiro atoms. The number of ether oxygens (including phenoxy) is 4. The number of nitrogens with zero attached hydrogens (tertiary/aromatic N) is 2. The third-order valence-corrected chi connectivity index (χ3v) is 5.61. The van der Waals surface area contributed by atoms with E-state index in [9.17, 15) is 4.79 Å². The van der Waals surface area contributed by atoms with E-state index < -0.39 is 0 Å². The Labute approximate surface area is 182 Å². The van der Waals surface area contributed by atoms with Crippen LogP contribution in [0.3, 0.4) is 0 Å². The van der Waals surface area contributed by atoms with Gasteiger partial charge >= 0.3 is 0 Å². The van der Waals surface area contributed by atoms with Crippen LogP contribution in [0.2, 0.25) is 0 Å². The highest BCUT2D eigenvalue weighted by atomic mass is 16.7. The highest BCUT2D eigenvalue weighted by Gasteiger charge is 2.20. The summed E-state index contributed by atoms with van der Waals surface area (Å²) in [5.74, 6) is 3.00. The van der Waals surface area contributed by atoms with E-state index in [1.54, 1.807) is 14.2 Å². The van der Waals surface area contributed by atoms with E-state index in [2.05, 4.69) is 21.2 Å². The lowest BCUT2D eigenvalue weighted by Gasteiger charge is -2.34. The molecule has 1 amide bonds. The lowest BCUT2D eigenvalue weighted by atomic mass is 10.1. The highest BCUT2D eigenvalue weighted by molar-refractivity contribution is 5.78. The number of methoxy groups -OCH3 is 2. The third kappa shape index (κ3) is 5.39. The zero-order valence-electron chi connectivity index (χ0n) is 18.1. The molecule has 2 heterocycles. The van der Waals surface area contributed by atoms with E-state index in [0.717, 1.165) is 61.3 Å². The molecule has 1 saturated heterocycles. The molecule has 2 aliphatic heterocycles. The molecule has 2 aromatic carbocycles. The molecule has 0 unspecified atom stereocenters. The Balaban J connectivity index is 1.20. The second-order valence-corrected chi connectivity index (χ2v) is 7.71. The van der Waals surface area contributed by atoms with Crippen molar-refractivity contribution in [3.05, 3.63) is 47.5 Å². The fourth-order valence-corrected chi connectivity index (χ4v) is 3.85. The molecule has 166 valence electrons. The van der Waals surface area contributed by atoms with E-state index in [-0.39, 0.29) is 12.7 Å². The van der Waals surface area contributed by atoms with Gasteiger partial charge in [-0.2, -0.15) is 0 Å². The Kier molecular flexibility index (Phi) is 6.79. The molecule has 1 N–H and O–H groups in total. The molecule has 8 heteroatoms. The SMILES string of the molecule is COc1ccc(CN2CCN(CC(=O)NCc3ccc4c(c3)OCO4)CC2)cc1OC. The Morgan fingerprint density at radius 1 is 0.903 bits per heavy atom. The van der Waals surface area contributed by atoms with Crippen LogP contribution in [0.4, 0.5) is 0 Å². The van der Waals surface area contributed by atoms with E-state index >= 15 is 0 Å². The van der Waals surface area contributed by atoms with Gasteiger partial charge in [-0.1, -0.05) is 12.1 Å². The van der Waals surface area contributed by atoms with Crippen molar-refractivity contribution in [1.29, 1.82) is 0 Å². The predicted molar refractivity (Wildman–Crippen MR) is 116 cm³/mol. The summed E-state index contributed by atoms with van der Waals surface area (Å²) in [5, 5.41) is 3.00. The first kappa shape index (κ1) is 21.3. The number of fused-ring (bicyclic) bond motifs is 1. The molecular formula is C23H29N3O5. The number of carbonyl (C=O) groups excluding carboxylic acids is 1. The van der Waals surface area contributed by atoms with Crippen LogP contribution in [0.15, 0.2) is 36.4 Å². The van der Waals surface area contributed by atoms with Crippen molar-refractivity contribution in [2.24, 2.45) is 0 Å². The maximum absolute atomic E-state index is 12.4. The van der Waals surface area contributed by atoms with Gasteiger partial charge in [-0.15, -0.1) is 0 Å². The number of carbonyl (C=O) groups is 1. The van der Waals surface area contributed by atoms with Crippen LogP contribution in [0.5, 0.6) is 23.0 Å². The quantitative estimate of drug-likeness (QED) is 0.690. The molecule has 0 radical (unpaired) electrons. The average molecular weight is 428 g/mol. The Morgan fingerprint density at radius 3 is 2.39 bits per heavy atom. The number of hydrogen-bond acceptors (Lipinski definition) is 7. The van der Waals surface area contributed by atoms with Crippen molar-refractivity contribution >= 4 is 5.91 Å². The predicted octanol–water partition coefficient (Wildman–Crippen LogP) is 1.87. The number of nitrogens with one attached hydrogen (secondary N) is 1. The zero-order valence-corrected chi connectivity index (χ0v) is 18.1. The minimum atomic E-state index is 0.0333. The van der Waals surface area contributed by atoms with E-state index in [1.165, 1.54) is 5.56 Å². The summed E-state index contributed by atoms with van der Waals surface area (Å²) in [6.45, 7) is 5.57. The summed E-state index contributed by atoms with van der Waals surface area (Å²) < 4.78 is 21.4. The van der Waals surface area contributed by atoms with Crippen LogP contribution in [0.1, 0.15) is 11.1 Å². The molecule has 31 heavy (non-hydrogen) atoms. The lowest BCUT2D eigenvalue weighted by Crippen LogP contribution is -2.49. The fourth-order valence-electron chi connectivity index (χ4n) is 3.85.